The van der Waals surface area contributed by atoms with Gasteiger partial charge in [-0.25, -0.2) is 0 Å². The van der Waals surface area contributed by atoms with E-state index in [0.717, 1.165) is 30.7 Å². The molecule has 3 aromatic rings. The minimum Gasteiger partial charge on any atom is -0.489 e. The van der Waals surface area contributed by atoms with Crippen molar-refractivity contribution in [2.45, 2.75) is 25.0 Å². The average molecular weight is 472 g/mol. The van der Waals surface area contributed by atoms with Gasteiger partial charge in [0.2, 0.25) is 5.91 Å². The SMILES string of the molecule is O=C(NCC1CCCO1)c1ccccc1NCC(=O)N1c2ccccc2OCC1c1ccccc1. The molecule has 2 unspecified atom stereocenters. The summed E-state index contributed by atoms with van der Waals surface area (Å²) in [4.78, 5) is 28.2. The van der Waals surface area contributed by atoms with Crippen LogP contribution in [0.2, 0.25) is 0 Å². The maximum absolute atomic E-state index is 13.6. The van der Waals surface area contributed by atoms with Crippen molar-refractivity contribution in [1.82, 2.24) is 5.32 Å². The molecular weight excluding hydrogens is 442 g/mol. The summed E-state index contributed by atoms with van der Waals surface area (Å²) in [6.45, 7) is 1.63. The number of nitrogens with zero attached hydrogens (tertiary/aromatic N) is 1. The molecule has 0 aliphatic carbocycles. The van der Waals surface area contributed by atoms with Gasteiger partial charge in [-0.3, -0.25) is 14.5 Å². The Labute approximate surface area is 205 Å². The third kappa shape index (κ3) is 5.15. The van der Waals surface area contributed by atoms with Gasteiger partial charge in [0.05, 0.1) is 29.9 Å². The number of nitrogens with one attached hydrogen (secondary N) is 2. The van der Waals surface area contributed by atoms with E-state index in [0.29, 0.717) is 30.2 Å². The number of hydrogen-bond donors (Lipinski definition) is 2. The summed E-state index contributed by atoms with van der Waals surface area (Å²) in [5, 5.41) is 6.16. The number of rotatable bonds is 7. The lowest BCUT2D eigenvalue weighted by molar-refractivity contribution is -0.117. The molecule has 2 aliphatic heterocycles. The molecule has 0 saturated carbocycles. The van der Waals surface area contributed by atoms with E-state index in [4.69, 9.17) is 9.47 Å². The fourth-order valence-electron chi connectivity index (χ4n) is 4.62. The Hall–Kier alpha value is -3.84. The van der Waals surface area contributed by atoms with Gasteiger partial charge in [0.1, 0.15) is 12.4 Å². The zero-order valence-electron chi connectivity index (χ0n) is 19.5. The van der Waals surface area contributed by atoms with Crippen LogP contribution in [0.4, 0.5) is 11.4 Å². The van der Waals surface area contributed by atoms with Crippen LogP contribution < -0.4 is 20.3 Å². The predicted octanol–water partition coefficient (Wildman–Crippen LogP) is 4.17. The number of fused-ring (bicyclic) bond motifs is 1. The standard InChI is InChI=1S/C28H29N3O4/c32-27(18-29-23-13-5-4-12-22(23)28(33)30-17-21-11-8-16-34-21)31-24-14-6-7-15-26(24)35-19-25(31)20-9-2-1-3-10-20/h1-7,9-10,12-15,21,25,29H,8,11,16-19H2,(H,30,33). The molecule has 2 aliphatic rings. The molecule has 2 N–H and O–H groups in total. The third-order valence-electron chi connectivity index (χ3n) is 6.40. The van der Waals surface area contributed by atoms with Gasteiger partial charge in [-0.2, -0.15) is 0 Å². The highest BCUT2D eigenvalue weighted by atomic mass is 16.5. The number of carbonyl (C=O) groups excluding carboxylic acids is 2. The van der Waals surface area contributed by atoms with E-state index in [1.165, 1.54) is 0 Å². The Morgan fingerprint density at radius 1 is 0.943 bits per heavy atom. The van der Waals surface area contributed by atoms with Crippen molar-refractivity contribution in [1.29, 1.82) is 0 Å². The molecule has 2 amide bonds. The molecule has 5 rings (SSSR count). The fraction of sp³-hybridized carbons (Fsp3) is 0.286. The van der Waals surface area contributed by atoms with Crippen LogP contribution in [0.3, 0.4) is 0 Å². The maximum Gasteiger partial charge on any atom is 0.253 e. The molecule has 0 spiro atoms. The summed E-state index contributed by atoms with van der Waals surface area (Å²) in [7, 11) is 0. The summed E-state index contributed by atoms with van der Waals surface area (Å²) in [6.07, 6.45) is 2.05. The van der Waals surface area contributed by atoms with Gasteiger partial charge in [0.25, 0.3) is 5.91 Å². The van der Waals surface area contributed by atoms with E-state index in [9.17, 15) is 9.59 Å². The molecule has 2 heterocycles. The van der Waals surface area contributed by atoms with E-state index < -0.39 is 0 Å². The summed E-state index contributed by atoms with van der Waals surface area (Å²) in [5.74, 6) is 0.390. The van der Waals surface area contributed by atoms with Crippen molar-refractivity contribution in [3.8, 4) is 5.75 Å². The lowest BCUT2D eigenvalue weighted by Crippen LogP contribution is -2.43. The maximum atomic E-state index is 13.6. The van der Waals surface area contributed by atoms with Crippen molar-refractivity contribution >= 4 is 23.2 Å². The van der Waals surface area contributed by atoms with E-state index in [1.807, 2.05) is 72.8 Å². The number of para-hydroxylation sites is 3. The number of ether oxygens (including phenoxy) is 2. The summed E-state index contributed by atoms with van der Waals surface area (Å²) < 4.78 is 11.6. The largest absolute Gasteiger partial charge is 0.489 e. The second-order valence-corrected chi connectivity index (χ2v) is 8.71. The molecule has 2 atom stereocenters. The topological polar surface area (TPSA) is 79.9 Å². The molecule has 7 heteroatoms. The molecule has 180 valence electrons. The molecule has 0 radical (unpaired) electrons. The van der Waals surface area contributed by atoms with E-state index >= 15 is 0 Å². The predicted molar refractivity (Wildman–Crippen MR) is 135 cm³/mol. The van der Waals surface area contributed by atoms with Crippen LogP contribution >= 0.6 is 0 Å². The second kappa shape index (κ2) is 10.6. The van der Waals surface area contributed by atoms with Crippen molar-refractivity contribution in [2.75, 3.05) is 36.5 Å². The summed E-state index contributed by atoms with van der Waals surface area (Å²) >= 11 is 0. The van der Waals surface area contributed by atoms with E-state index in [2.05, 4.69) is 10.6 Å². The molecule has 1 fully saturated rings. The Balaban J connectivity index is 1.32. The van der Waals surface area contributed by atoms with Gasteiger partial charge in [0.15, 0.2) is 0 Å². The number of anilines is 2. The third-order valence-corrected chi connectivity index (χ3v) is 6.40. The van der Waals surface area contributed by atoms with Gasteiger partial charge in [-0.05, 0) is 42.7 Å². The van der Waals surface area contributed by atoms with E-state index in [1.54, 1.807) is 11.0 Å². The van der Waals surface area contributed by atoms with Crippen LogP contribution in [0, 0.1) is 0 Å². The first-order valence-corrected chi connectivity index (χ1v) is 12.0. The van der Waals surface area contributed by atoms with Crippen LogP contribution in [0.5, 0.6) is 5.75 Å². The quantitative estimate of drug-likeness (QED) is 0.541. The zero-order chi connectivity index (χ0) is 24.0. The smallest absolute Gasteiger partial charge is 0.253 e. The molecule has 3 aromatic carbocycles. The number of hydrogen-bond acceptors (Lipinski definition) is 5. The summed E-state index contributed by atoms with van der Waals surface area (Å²) in [6, 6.07) is 24.4. The minimum atomic E-state index is -0.245. The normalized spacial score (nSPS) is 18.9. The zero-order valence-corrected chi connectivity index (χ0v) is 19.5. The lowest BCUT2D eigenvalue weighted by atomic mass is 10.0. The highest BCUT2D eigenvalue weighted by Gasteiger charge is 2.33. The molecule has 7 nitrogen and oxygen atoms in total. The summed E-state index contributed by atoms with van der Waals surface area (Å²) in [5.41, 5.74) is 2.86. The monoisotopic (exact) mass is 471 g/mol. The van der Waals surface area contributed by atoms with Gasteiger partial charge < -0.3 is 20.1 Å². The number of benzene rings is 3. The average Bonchev–Trinajstić information content (AvgIpc) is 3.44. The highest BCUT2D eigenvalue weighted by molar-refractivity contribution is 6.02. The Kier molecular flexibility index (Phi) is 6.95. The minimum absolute atomic E-state index is 0.0354. The van der Waals surface area contributed by atoms with Gasteiger partial charge in [0, 0.05) is 18.8 Å². The van der Waals surface area contributed by atoms with Crippen molar-refractivity contribution < 1.29 is 19.1 Å². The highest BCUT2D eigenvalue weighted by Crippen LogP contribution is 2.39. The Morgan fingerprint density at radius 2 is 1.71 bits per heavy atom. The first-order valence-electron chi connectivity index (χ1n) is 12.0. The second-order valence-electron chi connectivity index (χ2n) is 8.71. The molecule has 35 heavy (non-hydrogen) atoms. The van der Waals surface area contributed by atoms with Crippen molar-refractivity contribution in [3.05, 3.63) is 90.0 Å². The molecule has 0 bridgehead atoms. The molecule has 0 aromatic heterocycles. The first-order chi connectivity index (χ1) is 17.2. The van der Waals surface area contributed by atoms with Crippen molar-refractivity contribution in [2.24, 2.45) is 0 Å². The lowest BCUT2D eigenvalue weighted by Gasteiger charge is -2.37. The van der Waals surface area contributed by atoms with Gasteiger partial charge in [-0.1, -0.05) is 54.6 Å². The fourth-order valence-corrected chi connectivity index (χ4v) is 4.62. The van der Waals surface area contributed by atoms with Crippen LogP contribution in [0.25, 0.3) is 0 Å². The van der Waals surface area contributed by atoms with Crippen LogP contribution in [0.1, 0.15) is 34.8 Å². The van der Waals surface area contributed by atoms with Gasteiger partial charge in [-0.15, -0.1) is 0 Å². The van der Waals surface area contributed by atoms with Crippen LogP contribution in [-0.2, 0) is 9.53 Å². The van der Waals surface area contributed by atoms with Gasteiger partial charge >= 0.3 is 0 Å². The van der Waals surface area contributed by atoms with Crippen molar-refractivity contribution in [3.63, 3.8) is 0 Å². The number of carbonyl (C=O) groups is 2. The van der Waals surface area contributed by atoms with Crippen LogP contribution in [0.15, 0.2) is 78.9 Å². The Morgan fingerprint density at radius 3 is 2.54 bits per heavy atom. The number of amides is 2. The molecule has 1 saturated heterocycles. The Bertz CT molecular complexity index is 1180. The van der Waals surface area contributed by atoms with E-state index in [-0.39, 0.29) is 30.5 Å². The molecular formula is C28H29N3O4. The first kappa shape index (κ1) is 22.9. The van der Waals surface area contributed by atoms with Crippen LogP contribution in [-0.4, -0.2) is 44.2 Å².